The minimum absolute atomic E-state index is 0.679. The van der Waals surface area contributed by atoms with Gasteiger partial charge in [0, 0.05) is 49.0 Å². The zero-order chi connectivity index (χ0) is 14.9. The van der Waals surface area contributed by atoms with Gasteiger partial charge in [-0.2, -0.15) is 0 Å². The number of likely N-dealkylation sites (tertiary alicyclic amines) is 1. The lowest BCUT2D eigenvalue weighted by Crippen LogP contribution is -2.44. The second-order valence-electron chi connectivity index (χ2n) is 6.24. The molecule has 1 fully saturated rings. The van der Waals surface area contributed by atoms with Crippen LogP contribution in [-0.4, -0.2) is 35.6 Å². The molecule has 1 aromatic heterocycles. The van der Waals surface area contributed by atoms with Gasteiger partial charge in [0.25, 0.3) is 0 Å². The molecule has 0 unspecified atom stereocenters. The monoisotopic (exact) mass is 314 g/mol. The van der Waals surface area contributed by atoms with Crippen molar-refractivity contribution in [3.05, 3.63) is 40.9 Å². The summed E-state index contributed by atoms with van der Waals surface area (Å²) in [7, 11) is 0. The first-order valence-corrected chi connectivity index (χ1v) is 8.88. The van der Waals surface area contributed by atoms with Crippen molar-refractivity contribution in [3.63, 3.8) is 0 Å². The van der Waals surface area contributed by atoms with Gasteiger partial charge in [-0.3, -0.25) is 4.90 Å². The van der Waals surface area contributed by atoms with Gasteiger partial charge in [-0.05, 0) is 30.9 Å². The van der Waals surface area contributed by atoms with Crippen LogP contribution >= 0.6 is 11.3 Å². The number of anilines is 2. The van der Waals surface area contributed by atoms with Crippen molar-refractivity contribution in [1.82, 2.24) is 9.88 Å². The minimum Gasteiger partial charge on any atom is -0.375 e. The van der Waals surface area contributed by atoms with Crippen molar-refractivity contribution in [2.45, 2.75) is 31.8 Å². The molecule has 0 spiro atoms. The van der Waals surface area contributed by atoms with Gasteiger partial charge in [-0.15, -0.1) is 11.3 Å². The van der Waals surface area contributed by atoms with E-state index < -0.39 is 0 Å². The molecular weight excluding hydrogens is 292 g/mol. The predicted molar refractivity (Wildman–Crippen MR) is 92.3 cm³/mol. The van der Waals surface area contributed by atoms with E-state index in [0.29, 0.717) is 11.2 Å². The number of thiazole rings is 1. The molecule has 116 valence electrons. The van der Waals surface area contributed by atoms with Crippen LogP contribution in [0.5, 0.6) is 0 Å². The maximum absolute atomic E-state index is 5.72. The van der Waals surface area contributed by atoms with Crippen molar-refractivity contribution >= 4 is 22.2 Å². The van der Waals surface area contributed by atoms with Gasteiger partial charge < -0.3 is 10.6 Å². The number of benzene rings is 1. The Labute approximate surface area is 135 Å². The van der Waals surface area contributed by atoms with E-state index in [1.807, 2.05) is 6.20 Å². The number of nitrogen functional groups attached to an aromatic ring is 1. The van der Waals surface area contributed by atoms with E-state index in [1.54, 1.807) is 11.3 Å². The first-order chi connectivity index (χ1) is 10.8. The number of nitrogens with zero attached hydrogens (tertiary/aromatic N) is 3. The highest BCUT2D eigenvalue weighted by molar-refractivity contribution is 7.15. The quantitative estimate of drug-likeness (QED) is 0.946. The molecule has 0 atom stereocenters. The fraction of sp³-hybridized carbons (Fsp3) is 0.471. The number of rotatable bonds is 3. The Bertz CT molecular complexity index is 646. The maximum atomic E-state index is 5.72. The van der Waals surface area contributed by atoms with E-state index in [4.69, 9.17) is 5.73 Å². The smallest absolute Gasteiger partial charge is 0.180 e. The van der Waals surface area contributed by atoms with Crippen molar-refractivity contribution in [1.29, 1.82) is 0 Å². The standard InChI is InChI=1S/C17H22N4S/c18-17-19-11-15(22-17)12-20-8-6-14(7-9-20)21-10-5-13-3-1-2-4-16(13)21/h1-4,11,14H,5-10,12H2,(H2,18,19). The number of hydrogen-bond donors (Lipinski definition) is 1. The second kappa shape index (κ2) is 5.89. The van der Waals surface area contributed by atoms with Crippen LogP contribution in [0, 0.1) is 0 Å². The molecule has 0 radical (unpaired) electrons. The molecule has 1 saturated heterocycles. The Morgan fingerprint density at radius 1 is 1.18 bits per heavy atom. The van der Waals surface area contributed by atoms with E-state index in [1.165, 1.54) is 55.0 Å². The number of para-hydroxylation sites is 1. The van der Waals surface area contributed by atoms with Crippen LogP contribution in [0.2, 0.25) is 0 Å². The second-order valence-corrected chi connectivity index (χ2v) is 7.39. The summed E-state index contributed by atoms with van der Waals surface area (Å²) in [6.07, 6.45) is 5.63. The first kappa shape index (κ1) is 14.0. The SMILES string of the molecule is Nc1ncc(CN2CCC(N3CCc4ccccc43)CC2)s1. The molecule has 2 aliphatic rings. The van der Waals surface area contributed by atoms with E-state index in [9.17, 15) is 0 Å². The van der Waals surface area contributed by atoms with Gasteiger partial charge in [-0.25, -0.2) is 4.98 Å². The highest BCUT2D eigenvalue weighted by Gasteiger charge is 2.29. The molecule has 2 N–H and O–H groups in total. The topological polar surface area (TPSA) is 45.4 Å². The number of fused-ring (bicyclic) bond motifs is 1. The lowest BCUT2D eigenvalue weighted by atomic mass is 10.0. The Hall–Kier alpha value is -1.59. The number of piperidine rings is 1. The predicted octanol–water partition coefficient (Wildman–Crippen LogP) is 2.75. The fourth-order valence-corrected chi connectivity index (χ4v) is 4.47. The minimum atomic E-state index is 0.679. The molecule has 0 amide bonds. The van der Waals surface area contributed by atoms with E-state index in [0.717, 1.165) is 6.54 Å². The van der Waals surface area contributed by atoms with E-state index in [-0.39, 0.29) is 0 Å². The molecule has 2 aromatic rings. The van der Waals surface area contributed by atoms with Gasteiger partial charge >= 0.3 is 0 Å². The Morgan fingerprint density at radius 3 is 2.77 bits per heavy atom. The zero-order valence-corrected chi connectivity index (χ0v) is 13.6. The van der Waals surface area contributed by atoms with Gasteiger partial charge in [0.05, 0.1) is 0 Å². The molecule has 2 aliphatic heterocycles. The molecule has 4 nitrogen and oxygen atoms in total. The lowest BCUT2D eigenvalue weighted by molar-refractivity contribution is 0.203. The van der Waals surface area contributed by atoms with Gasteiger partial charge in [0.15, 0.2) is 5.13 Å². The third-order valence-corrected chi connectivity index (χ3v) is 5.68. The molecule has 4 rings (SSSR count). The van der Waals surface area contributed by atoms with Crippen molar-refractivity contribution in [2.24, 2.45) is 0 Å². The van der Waals surface area contributed by atoms with Crippen LogP contribution in [0.1, 0.15) is 23.3 Å². The average molecular weight is 314 g/mol. The largest absolute Gasteiger partial charge is 0.375 e. The summed E-state index contributed by atoms with van der Waals surface area (Å²) < 4.78 is 0. The normalized spacial score (nSPS) is 19.5. The molecule has 0 aliphatic carbocycles. The van der Waals surface area contributed by atoms with Crippen LogP contribution < -0.4 is 10.6 Å². The third kappa shape index (κ3) is 2.71. The third-order valence-electron chi connectivity index (χ3n) is 4.87. The summed E-state index contributed by atoms with van der Waals surface area (Å²) >= 11 is 1.61. The van der Waals surface area contributed by atoms with Crippen molar-refractivity contribution in [2.75, 3.05) is 30.3 Å². The molecule has 3 heterocycles. The molecular formula is C17H22N4S. The molecule has 0 saturated carbocycles. The average Bonchev–Trinajstić information content (AvgIpc) is 3.14. The van der Waals surface area contributed by atoms with Crippen LogP contribution in [0.25, 0.3) is 0 Å². The highest BCUT2D eigenvalue weighted by atomic mass is 32.1. The summed E-state index contributed by atoms with van der Waals surface area (Å²) in [5.74, 6) is 0. The zero-order valence-electron chi connectivity index (χ0n) is 12.7. The number of nitrogens with two attached hydrogens (primary N) is 1. The number of aromatic nitrogens is 1. The first-order valence-electron chi connectivity index (χ1n) is 8.07. The van der Waals surface area contributed by atoms with Crippen LogP contribution in [-0.2, 0) is 13.0 Å². The summed E-state index contributed by atoms with van der Waals surface area (Å²) in [4.78, 5) is 10.6. The summed E-state index contributed by atoms with van der Waals surface area (Å²) in [5, 5.41) is 0.679. The van der Waals surface area contributed by atoms with Gasteiger partial charge in [-0.1, -0.05) is 18.2 Å². The van der Waals surface area contributed by atoms with Crippen LogP contribution in [0.15, 0.2) is 30.5 Å². The van der Waals surface area contributed by atoms with Gasteiger partial charge in [0.1, 0.15) is 0 Å². The molecule has 22 heavy (non-hydrogen) atoms. The summed E-state index contributed by atoms with van der Waals surface area (Å²) in [6, 6.07) is 9.59. The molecule has 1 aromatic carbocycles. The highest BCUT2D eigenvalue weighted by Crippen LogP contribution is 2.32. The summed E-state index contributed by atoms with van der Waals surface area (Å²) in [5.41, 5.74) is 8.70. The van der Waals surface area contributed by atoms with Crippen LogP contribution in [0.4, 0.5) is 10.8 Å². The number of hydrogen-bond acceptors (Lipinski definition) is 5. The molecule has 0 bridgehead atoms. The summed E-state index contributed by atoms with van der Waals surface area (Å²) in [6.45, 7) is 4.52. The Kier molecular flexibility index (Phi) is 3.76. The van der Waals surface area contributed by atoms with Crippen molar-refractivity contribution in [3.8, 4) is 0 Å². The fourth-order valence-electron chi connectivity index (χ4n) is 3.75. The Balaban J connectivity index is 1.36. The Morgan fingerprint density at radius 2 is 2.00 bits per heavy atom. The maximum Gasteiger partial charge on any atom is 0.180 e. The van der Waals surface area contributed by atoms with E-state index in [2.05, 4.69) is 39.0 Å². The van der Waals surface area contributed by atoms with E-state index >= 15 is 0 Å². The van der Waals surface area contributed by atoms with Crippen LogP contribution in [0.3, 0.4) is 0 Å². The lowest BCUT2D eigenvalue weighted by Gasteiger charge is -2.38. The van der Waals surface area contributed by atoms with Crippen molar-refractivity contribution < 1.29 is 0 Å². The molecule has 5 heteroatoms. The van der Waals surface area contributed by atoms with Gasteiger partial charge in [0.2, 0.25) is 0 Å².